The second kappa shape index (κ2) is 5.05. The van der Waals surface area contributed by atoms with E-state index in [9.17, 15) is 9.18 Å². The second-order valence-electron chi connectivity index (χ2n) is 4.20. The van der Waals surface area contributed by atoms with Gasteiger partial charge >= 0.3 is 5.69 Å². The first-order valence-electron chi connectivity index (χ1n) is 6.01. The van der Waals surface area contributed by atoms with Crippen LogP contribution in [0.5, 0.6) is 0 Å². The third kappa shape index (κ3) is 2.33. The Hall–Kier alpha value is -2.82. The van der Waals surface area contributed by atoms with Gasteiger partial charge in [0.05, 0.1) is 11.4 Å². The first-order valence-corrected chi connectivity index (χ1v) is 6.01. The topological polar surface area (TPSA) is 58.6 Å². The van der Waals surface area contributed by atoms with Crippen LogP contribution < -0.4 is 5.69 Å². The largest absolute Gasteiger partial charge is 0.345 e. The Morgan fingerprint density at radius 2 is 1.80 bits per heavy atom. The Kier molecular flexibility index (Phi) is 3.09. The van der Waals surface area contributed by atoms with Gasteiger partial charge < -0.3 is 4.98 Å². The maximum Gasteiger partial charge on any atom is 0.345 e. The van der Waals surface area contributed by atoms with Crippen LogP contribution in [0.1, 0.15) is 0 Å². The van der Waals surface area contributed by atoms with Crippen molar-refractivity contribution in [2.24, 2.45) is 0 Å². The van der Waals surface area contributed by atoms with Crippen molar-refractivity contribution < 1.29 is 4.39 Å². The highest BCUT2D eigenvalue weighted by Crippen LogP contribution is 2.27. The number of aromatic nitrogens is 3. The predicted molar refractivity (Wildman–Crippen MR) is 73.5 cm³/mol. The maximum absolute atomic E-state index is 13.0. The van der Waals surface area contributed by atoms with Crippen molar-refractivity contribution in [1.82, 2.24) is 15.0 Å². The van der Waals surface area contributed by atoms with Gasteiger partial charge in [0.15, 0.2) is 0 Å². The molecule has 0 spiro atoms. The van der Waals surface area contributed by atoms with Gasteiger partial charge in [-0.3, -0.25) is 4.98 Å². The molecule has 1 N–H and O–H groups in total. The summed E-state index contributed by atoms with van der Waals surface area (Å²) in [6.07, 6.45) is 3.11. The maximum atomic E-state index is 13.0. The summed E-state index contributed by atoms with van der Waals surface area (Å²) in [5.74, 6) is -0.314. The summed E-state index contributed by atoms with van der Waals surface area (Å²) in [5, 5.41) is 0. The average Bonchev–Trinajstić information content (AvgIpc) is 2.49. The summed E-state index contributed by atoms with van der Waals surface area (Å²) in [5.41, 5.74) is 2.21. The van der Waals surface area contributed by atoms with Crippen LogP contribution in [0.4, 0.5) is 4.39 Å². The van der Waals surface area contributed by atoms with Crippen molar-refractivity contribution >= 4 is 0 Å². The number of nitrogens with zero attached hydrogens (tertiary/aromatic N) is 2. The summed E-state index contributed by atoms with van der Waals surface area (Å²) < 4.78 is 13.0. The van der Waals surface area contributed by atoms with Gasteiger partial charge in [0.25, 0.3) is 0 Å². The van der Waals surface area contributed by atoms with Crippen molar-refractivity contribution in [2.75, 3.05) is 0 Å². The van der Waals surface area contributed by atoms with Crippen LogP contribution in [0.15, 0.2) is 59.7 Å². The lowest BCUT2D eigenvalue weighted by molar-refractivity contribution is 0.628. The van der Waals surface area contributed by atoms with E-state index in [0.717, 1.165) is 5.56 Å². The molecule has 0 radical (unpaired) electrons. The second-order valence-corrected chi connectivity index (χ2v) is 4.20. The number of hydrogen-bond acceptors (Lipinski definition) is 3. The Morgan fingerprint density at radius 3 is 2.50 bits per heavy atom. The molecule has 0 fully saturated rings. The molecule has 5 heteroatoms. The fraction of sp³-hybridized carbons (Fsp3) is 0. The quantitative estimate of drug-likeness (QED) is 0.776. The molecular formula is C15H10FN3O. The molecule has 0 aliphatic heterocycles. The standard InChI is InChI=1S/C15H10FN3O/c16-11-6-4-10(5-7-11)12-9-18-15(20)19-14(12)13-3-1-2-8-17-13/h1-9H,(H,18,19,20). The number of hydrogen-bond donors (Lipinski definition) is 1. The molecule has 2 heterocycles. The van der Waals surface area contributed by atoms with Gasteiger partial charge in [-0.2, -0.15) is 0 Å². The first-order chi connectivity index (χ1) is 9.74. The van der Waals surface area contributed by atoms with Crippen molar-refractivity contribution in [3.63, 3.8) is 0 Å². The van der Waals surface area contributed by atoms with E-state index in [4.69, 9.17) is 0 Å². The SMILES string of the molecule is O=c1ncc(-c2ccc(F)cc2)c(-c2ccccn2)[nH]1. The van der Waals surface area contributed by atoms with E-state index in [2.05, 4.69) is 15.0 Å². The molecule has 0 amide bonds. The van der Waals surface area contributed by atoms with Gasteiger partial charge in [0.1, 0.15) is 5.82 Å². The Balaban J connectivity index is 2.21. The summed E-state index contributed by atoms with van der Waals surface area (Å²) in [4.78, 5) is 22.1. The zero-order valence-corrected chi connectivity index (χ0v) is 10.4. The minimum absolute atomic E-state index is 0.314. The highest BCUT2D eigenvalue weighted by molar-refractivity contribution is 5.78. The fourth-order valence-electron chi connectivity index (χ4n) is 1.96. The molecule has 98 valence electrons. The zero-order chi connectivity index (χ0) is 13.9. The normalized spacial score (nSPS) is 10.4. The van der Waals surface area contributed by atoms with Crippen molar-refractivity contribution in [3.8, 4) is 22.5 Å². The zero-order valence-electron chi connectivity index (χ0n) is 10.4. The van der Waals surface area contributed by atoms with Crippen LogP contribution in [0.25, 0.3) is 22.5 Å². The van der Waals surface area contributed by atoms with Gasteiger partial charge in [-0.15, -0.1) is 0 Å². The minimum Gasteiger partial charge on any atom is -0.303 e. The average molecular weight is 267 g/mol. The molecule has 1 aromatic carbocycles. The molecule has 0 aliphatic rings. The van der Waals surface area contributed by atoms with E-state index in [1.54, 1.807) is 30.5 Å². The molecule has 2 aromatic heterocycles. The highest BCUT2D eigenvalue weighted by atomic mass is 19.1. The Labute approximate surface area is 114 Å². The molecule has 20 heavy (non-hydrogen) atoms. The number of H-pyrrole nitrogens is 1. The number of pyridine rings is 1. The molecule has 0 aliphatic carbocycles. The van der Waals surface area contributed by atoms with E-state index in [0.29, 0.717) is 17.0 Å². The number of nitrogens with one attached hydrogen (secondary N) is 1. The Bertz CT molecular complexity index is 782. The molecule has 3 aromatic rings. The van der Waals surface area contributed by atoms with E-state index in [-0.39, 0.29) is 5.82 Å². The molecular weight excluding hydrogens is 257 g/mol. The molecule has 0 atom stereocenters. The third-order valence-electron chi connectivity index (χ3n) is 2.89. The van der Waals surface area contributed by atoms with E-state index in [1.165, 1.54) is 18.3 Å². The lowest BCUT2D eigenvalue weighted by atomic mass is 10.0. The summed E-state index contributed by atoms with van der Waals surface area (Å²) in [7, 11) is 0. The molecule has 0 saturated carbocycles. The van der Waals surface area contributed by atoms with Gasteiger partial charge in [-0.05, 0) is 29.8 Å². The highest BCUT2D eigenvalue weighted by Gasteiger charge is 2.10. The summed E-state index contributed by atoms with van der Waals surface area (Å²) in [6, 6.07) is 11.4. The van der Waals surface area contributed by atoms with E-state index >= 15 is 0 Å². The lowest BCUT2D eigenvalue weighted by Gasteiger charge is -2.08. The van der Waals surface area contributed by atoms with Crippen LogP contribution >= 0.6 is 0 Å². The van der Waals surface area contributed by atoms with Crippen LogP contribution in [0.3, 0.4) is 0 Å². The molecule has 4 nitrogen and oxygen atoms in total. The van der Waals surface area contributed by atoms with Gasteiger partial charge in [0.2, 0.25) is 0 Å². The van der Waals surface area contributed by atoms with Crippen LogP contribution in [-0.4, -0.2) is 15.0 Å². The molecule has 0 unspecified atom stereocenters. The van der Waals surface area contributed by atoms with Gasteiger partial charge in [0, 0.05) is 18.0 Å². The number of aromatic amines is 1. The van der Waals surface area contributed by atoms with Crippen LogP contribution in [0.2, 0.25) is 0 Å². The number of halogens is 1. The third-order valence-corrected chi connectivity index (χ3v) is 2.89. The summed E-state index contributed by atoms with van der Waals surface area (Å²) >= 11 is 0. The smallest absolute Gasteiger partial charge is 0.303 e. The van der Waals surface area contributed by atoms with E-state index in [1.807, 2.05) is 6.07 Å². The van der Waals surface area contributed by atoms with Crippen molar-refractivity contribution in [1.29, 1.82) is 0 Å². The minimum atomic E-state index is -0.448. The van der Waals surface area contributed by atoms with Gasteiger partial charge in [-0.25, -0.2) is 14.2 Å². The molecule has 0 saturated heterocycles. The van der Waals surface area contributed by atoms with Crippen molar-refractivity contribution in [2.45, 2.75) is 0 Å². The molecule has 3 rings (SSSR count). The molecule has 0 bridgehead atoms. The Morgan fingerprint density at radius 1 is 1.00 bits per heavy atom. The fourth-order valence-corrected chi connectivity index (χ4v) is 1.96. The van der Waals surface area contributed by atoms with Crippen LogP contribution in [0, 0.1) is 5.82 Å². The number of benzene rings is 1. The lowest BCUT2D eigenvalue weighted by Crippen LogP contribution is -2.11. The summed E-state index contributed by atoms with van der Waals surface area (Å²) in [6.45, 7) is 0. The van der Waals surface area contributed by atoms with Crippen LogP contribution in [-0.2, 0) is 0 Å². The van der Waals surface area contributed by atoms with E-state index < -0.39 is 5.69 Å². The first kappa shape index (κ1) is 12.2. The van der Waals surface area contributed by atoms with Crippen molar-refractivity contribution in [3.05, 3.63) is 71.2 Å². The van der Waals surface area contributed by atoms with Gasteiger partial charge in [-0.1, -0.05) is 18.2 Å². The predicted octanol–water partition coefficient (Wildman–Crippen LogP) is 2.64. The monoisotopic (exact) mass is 267 g/mol. The number of rotatable bonds is 2.